The lowest BCUT2D eigenvalue weighted by Gasteiger charge is -2.31. The fraction of sp³-hybridized carbons (Fsp3) is 0.329. The van der Waals surface area contributed by atoms with Gasteiger partial charge in [0.15, 0.2) is 23.0 Å². The quantitative estimate of drug-likeness (QED) is 0.0448. The maximum atomic E-state index is 16.3. The highest BCUT2D eigenvalue weighted by Gasteiger charge is 2.44. The number of amides is 7. The smallest absolute Gasteiger partial charge is 0.248 e. The van der Waals surface area contributed by atoms with Crippen LogP contribution in [0.1, 0.15) is 145 Å². The average molecular weight is 1450 g/mol. The van der Waals surface area contributed by atoms with Crippen LogP contribution in [0.3, 0.4) is 0 Å². The Hall–Kier alpha value is -10.6. The van der Waals surface area contributed by atoms with Crippen molar-refractivity contribution in [1.82, 2.24) is 47.4 Å². The van der Waals surface area contributed by atoms with Gasteiger partial charge in [0.25, 0.3) is 0 Å². The number of phenols is 6. The largest absolute Gasteiger partial charge is 0.508 e. The molecule has 13 rings (SSSR count). The van der Waals surface area contributed by atoms with E-state index in [1.807, 2.05) is 19.0 Å². The van der Waals surface area contributed by atoms with Crippen molar-refractivity contribution in [3.8, 4) is 80.1 Å². The first-order valence-corrected chi connectivity index (χ1v) is 34.2. The third-order valence-electron chi connectivity index (χ3n) is 18.2. The molecule has 28 nitrogen and oxygen atoms in total. The van der Waals surface area contributed by atoms with E-state index in [9.17, 15) is 50.4 Å². The molecule has 7 aromatic carbocycles. The molecule has 0 spiro atoms. The Morgan fingerprint density at radius 3 is 1.70 bits per heavy atom. The molecule has 18 N–H and O–H groups in total. The number of nitrogens with one attached hydrogen (secondary N) is 8. The highest BCUT2D eigenvalue weighted by molar-refractivity contribution is 6.32. The first-order valence-electron chi connectivity index (χ1n) is 33.4. The van der Waals surface area contributed by atoms with E-state index in [-0.39, 0.29) is 90.6 Å². The van der Waals surface area contributed by atoms with Crippen LogP contribution in [0.15, 0.2) is 109 Å². The Kier molecular flexibility index (Phi) is 22.7. The second kappa shape index (κ2) is 31.7. The molecule has 0 fully saturated rings. The Morgan fingerprint density at radius 2 is 1.07 bits per heavy atom. The number of carbonyl (C=O) groups is 7. The molecular weight excluding hydrogens is 1380 g/mol. The Balaban J connectivity index is 1.13. The summed E-state index contributed by atoms with van der Waals surface area (Å²) in [7, 11) is 3.64. The van der Waals surface area contributed by atoms with Crippen LogP contribution < -0.4 is 62.5 Å². The minimum Gasteiger partial charge on any atom is -0.508 e. The summed E-state index contributed by atoms with van der Waals surface area (Å²) < 4.78 is 18.6. The van der Waals surface area contributed by atoms with Crippen LogP contribution in [0.4, 0.5) is 0 Å². The zero-order valence-electron chi connectivity index (χ0n) is 56.0. The van der Waals surface area contributed by atoms with E-state index in [0.717, 1.165) is 93.1 Å². The molecule has 30 heteroatoms. The van der Waals surface area contributed by atoms with Gasteiger partial charge in [0.1, 0.15) is 94.7 Å². The number of ether oxygens (including phenoxy) is 3. The molecule has 103 heavy (non-hydrogen) atoms. The lowest BCUT2D eigenvalue weighted by molar-refractivity contribution is -0.137. The number of hydrogen-bond acceptors (Lipinski definition) is 21. The molecule has 0 saturated heterocycles. The monoisotopic (exact) mass is 1450 g/mol. The molecule has 0 radical (unpaired) electrons. The standard InChI is InChI=1S/C73H78Cl2N10O18/c1-4-5-6-7-8-9-10-21-77-33-43-48(89)32-42-55(65(43)92)54-41(13-11-14-47(54)88)59-71(98)84-62(73(100)82-60(42)68(95)78-22-12-23-85(2)3)64(91)36-17-20-50(45(75)27-36)103-53-30-38-29-52(66(53)93)102-49-19-16-35(26-44(49)74)63(90)61-72(99)80-57(69(96)79-58(38)70(97)81-59)37-24-39(86)31-40(25-37)101-51-28-34(15-18-46(51)87)56(76)67(94)83-61/h11,13-20,24-32,56-64,77,86-93H,4-10,12,21-23,33,76H2,1-3H3,(H,78,95)(H,79,96)(H,80,99)(H,81,97)(H,82,100)(H,83,94)(H,84,98). The molecule has 9 unspecified atom stereocenters. The van der Waals surface area contributed by atoms with Crippen molar-refractivity contribution >= 4 is 64.6 Å². The molecule has 0 aliphatic carbocycles. The maximum Gasteiger partial charge on any atom is 0.248 e. The van der Waals surface area contributed by atoms with Gasteiger partial charge in [-0.3, -0.25) is 33.6 Å². The van der Waals surface area contributed by atoms with Gasteiger partial charge in [-0.05, 0) is 152 Å². The Bertz CT molecular complexity index is 4470. The molecule has 15 bridgehead atoms. The van der Waals surface area contributed by atoms with Crippen molar-refractivity contribution in [1.29, 1.82) is 0 Å². The molecule has 7 amide bonds. The van der Waals surface area contributed by atoms with E-state index in [1.165, 1.54) is 54.6 Å². The number of aliphatic hydroxyl groups is 2. The summed E-state index contributed by atoms with van der Waals surface area (Å²) in [6.07, 6.45) is 3.10. The van der Waals surface area contributed by atoms with Gasteiger partial charge in [-0.1, -0.05) is 99.0 Å². The predicted molar refractivity (Wildman–Crippen MR) is 374 cm³/mol. The molecule has 542 valence electrons. The van der Waals surface area contributed by atoms with E-state index < -0.39 is 153 Å². The van der Waals surface area contributed by atoms with E-state index >= 15 is 24.0 Å². The lowest BCUT2D eigenvalue weighted by atomic mass is 9.85. The van der Waals surface area contributed by atoms with Gasteiger partial charge in [0, 0.05) is 30.3 Å². The minimum absolute atomic E-state index is 0.0170. The normalized spacial score (nSPS) is 21.0. The van der Waals surface area contributed by atoms with Crippen molar-refractivity contribution in [2.45, 2.75) is 119 Å². The first-order chi connectivity index (χ1) is 49.3. The van der Waals surface area contributed by atoms with E-state index in [0.29, 0.717) is 25.9 Å². The van der Waals surface area contributed by atoms with Gasteiger partial charge in [-0.25, -0.2) is 0 Å². The number of fused-ring (bicyclic) bond motifs is 13. The van der Waals surface area contributed by atoms with Crippen molar-refractivity contribution in [2.24, 2.45) is 5.73 Å². The molecule has 0 aromatic heterocycles. The Morgan fingerprint density at radius 1 is 0.505 bits per heavy atom. The topological polar surface area (TPSA) is 435 Å². The minimum atomic E-state index is -2.27. The van der Waals surface area contributed by atoms with Gasteiger partial charge in [-0.2, -0.15) is 0 Å². The van der Waals surface area contributed by atoms with Crippen LogP contribution in [0.25, 0.3) is 11.1 Å². The van der Waals surface area contributed by atoms with Gasteiger partial charge >= 0.3 is 0 Å². The third kappa shape index (κ3) is 16.2. The number of halogens is 2. The van der Waals surface area contributed by atoms with Crippen LogP contribution in [0.5, 0.6) is 69.0 Å². The van der Waals surface area contributed by atoms with Crippen LogP contribution >= 0.6 is 23.2 Å². The van der Waals surface area contributed by atoms with Gasteiger partial charge in [0.2, 0.25) is 47.1 Å². The number of rotatable bonds is 15. The number of nitrogens with zero attached hydrogens (tertiary/aromatic N) is 1. The zero-order valence-corrected chi connectivity index (χ0v) is 57.5. The SMILES string of the molecule is CCCCCCCCCNCc1c(O)cc2c(c1O)-c1c(O)cccc1C1NC(=O)C3NC(=O)C4NC(=O)C(NC(=O)C(N)c5ccc(O)c(c5)Oc5cc(O)cc4c5)C(O)c4ccc(c(Cl)c4)Oc4cc3cc(c4O)Oc3ccc(cc3Cl)C(O)C(NC1=O)C(=O)NC2C(=O)NCCCN(C)C. The summed E-state index contributed by atoms with van der Waals surface area (Å²) in [5, 5.41) is 118. The van der Waals surface area contributed by atoms with Crippen LogP contribution in [0.2, 0.25) is 10.0 Å². The number of nitrogens with two attached hydrogens (primary N) is 1. The summed E-state index contributed by atoms with van der Waals surface area (Å²) in [5.74, 6) is -14.8. The number of unbranched alkanes of at least 4 members (excludes halogenated alkanes) is 6. The number of aromatic hydroxyl groups is 6. The second-order valence-electron chi connectivity index (χ2n) is 25.8. The average Bonchev–Trinajstić information content (AvgIpc) is 1.56. The summed E-state index contributed by atoms with van der Waals surface area (Å²) in [6.45, 7) is 2.85. The molecule has 6 aliphatic heterocycles. The summed E-state index contributed by atoms with van der Waals surface area (Å²) in [6, 6.07) is 6.63. The molecule has 7 aromatic rings. The van der Waals surface area contributed by atoms with Crippen molar-refractivity contribution < 1.29 is 88.6 Å². The number of phenolic OH excluding ortho intramolecular Hbond substituents is 6. The number of benzene rings is 7. The van der Waals surface area contributed by atoms with Crippen molar-refractivity contribution in [2.75, 3.05) is 33.7 Å². The molecule has 6 heterocycles. The number of hydrogen-bond donors (Lipinski definition) is 17. The highest BCUT2D eigenvalue weighted by Crippen LogP contribution is 2.51. The highest BCUT2D eigenvalue weighted by atomic mass is 35.5. The van der Waals surface area contributed by atoms with Crippen LogP contribution in [-0.4, -0.2) is 133 Å². The summed E-state index contributed by atoms with van der Waals surface area (Å²) in [5.41, 5.74) is 3.74. The van der Waals surface area contributed by atoms with Crippen LogP contribution in [-0.2, 0) is 40.1 Å². The molecule has 0 saturated carbocycles. The lowest BCUT2D eigenvalue weighted by Crippen LogP contribution is -2.56. The predicted octanol–water partition coefficient (Wildman–Crippen LogP) is 7.30. The van der Waals surface area contributed by atoms with Crippen molar-refractivity contribution in [3.63, 3.8) is 0 Å². The summed E-state index contributed by atoms with van der Waals surface area (Å²) in [4.78, 5) is 110. The molecule has 9 atom stereocenters. The summed E-state index contributed by atoms with van der Waals surface area (Å²) >= 11 is 13.9. The van der Waals surface area contributed by atoms with Gasteiger partial charge in [-0.15, -0.1) is 0 Å². The molecular formula is C73H78Cl2N10O18. The fourth-order valence-electron chi connectivity index (χ4n) is 12.8. The first kappa shape index (κ1) is 73.6. The maximum absolute atomic E-state index is 16.3. The third-order valence-corrected chi connectivity index (χ3v) is 18.8. The van der Waals surface area contributed by atoms with Gasteiger partial charge < -0.3 is 108 Å². The zero-order chi connectivity index (χ0) is 73.7. The van der Waals surface area contributed by atoms with E-state index in [1.54, 1.807) is 0 Å². The van der Waals surface area contributed by atoms with E-state index in [2.05, 4.69) is 49.5 Å². The fourth-order valence-corrected chi connectivity index (χ4v) is 13.2. The van der Waals surface area contributed by atoms with Crippen LogP contribution in [0, 0.1) is 0 Å². The molecule has 6 aliphatic rings. The van der Waals surface area contributed by atoms with Gasteiger partial charge in [0.05, 0.1) is 15.6 Å². The number of aliphatic hydroxyl groups excluding tert-OH is 2. The number of carbonyl (C=O) groups excluding carboxylic acids is 7. The Labute approximate surface area is 600 Å². The van der Waals surface area contributed by atoms with Crippen molar-refractivity contribution in [3.05, 3.63) is 164 Å². The van der Waals surface area contributed by atoms with E-state index in [4.69, 9.17) is 43.1 Å². The second-order valence-corrected chi connectivity index (χ2v) is 26.6.